The van der Waals surface area contributed by atoms with Gasteiger partial charge in [0.2, 0.25) is 5.95 Å². The van der Waals surface area contributed by atoms with E-state index < -0.39 is 11.7 Å². The molecule has 0 unspecified atom stereocenters. The fraction of sp³-hybridized carbons (Fsp3) is 0.154. The number of hydrogen-bond acceptors (Lipinski definition) is 4. The van der Waals surface area contributed by atoms with Crippen molar-refractivity contribution in [1.29, 1.82) is 0 Å². The van der Waals surface area contributed by atoms with Crippen LogP contribution in [0.5, 0.6) is 0 Å². The topological polar surface area (TPSA) is 69.1 Å². The predicted octanol–water partition coefficient (Wildman–Crippen LogP) is 3.35. The van der Waals surface area contributed by atoms with E-state index >= 15 is 0 Å². The van der Waals surface area contributed by atoms with Gasteiger partial charge < -0.3 is 5.73 Å². The number of hydrogen-bond donors (Lipinski definition) is 1. The molecule has 5 nitrogen and oxygen atoms in total. The summed E-state index contributed by atoms with van der Waals surface area (Å²) in [4.78, 5) is 7.78. The zero-order valence-corrected chi connectivity index (χ0v) is 11.9. The summed E-state index contributed by atoms with van der Waals surface area (Å²) < 4.78 is 40.0. The minimum absolute atomic E-state index is 0.0161. The lowest BCUT2D eigenvalue weighted by atomic mass is 10.1. The molecule has 2 N–H and O–H groups in total. The van der Waals surface area contributed by atoms with Gasteiger partial charge in [0.15, 0.2) is 0 Å². The number of anilines is 1. The number of aryl methyl sites for hydroxylation is 1. The van der Waals surface area contributed by atoms with Crippen molar-refractivity contribution in [2.24, 2.45) is 0 Å². The van der Waals surface area contributed by atoms with E-state index in [0.29, 0.717) is 16.8 Å². The molecule has 0 atom stereocenters. The van der Waals surface area contributed by atoms with E-state index in [9.17, 15) is 13.2 Å². The highest BCUT2D eigenvalue weighted by Gasteiger charge is 2.33. The fourth-order valence-electron chi connectivity index (χ4n) is 2.23. The minimum atomic E-state index is -4.44. The van der Waals surface area contributed by atoms with Crippen molar-refractivity contribution >= 4 is 23.1 Å². The van der Waals surface area contributed by atoms with Crippen LogP contribution in [0.4, 0.5) is 19.1 Å². The number of halogens is 4. The van der Waals surface area contributed by atoms with Crippen molar-refractivity contribution in [1.82, 2.24) is 19.6 Å². The van der Waals surface area contributed by atoms with E-state index in [1.165, 1.54) is 29.9 Å². The molecule has 0 aliphatic heterocycles. The van der Waals surface area contributed by atoms with E-state index in [2.05, 4.69) is 15.1 Å². The third-order valence-corrected chi connectivity index (χ3v) is 3.52. The molecule has 0 spiro atoms. The molecule has 9 heteroatoms. The zero-order chi connectivity index (χ0) is 16.1. The average molecular weight is 328 g/mol. The molecule has 0 fully saturated rings. The number of nitrogens with two attached hydrogens (primary N) is 1. The van der Waals surface area contributed by atoms with Crippen LogP contribution >= 0.6 is 11.6 Å². The van der Waals surface area contributed by atoms with Crippen molar-refractivity contribution in [3.63, 3.8) is 0 Å². The van der Waals surface area contributed by atoms with Gasteiger partial charge in [-0.05, 0) is 19.1 Å². The molecule has 22 heavy (non-hydrogen) atoms. The van der Waals surface area contributed by atoms with Gasteiger partial charge in [0.25, 0.3) is 0 Å². The van der Waals surface area contributed by atoms with Crippen molar-refractivity contribution < 1.29 is 13.2 Å². The molecule has 0 aliphatic rings. The third-order valence-electron chi connectivity index (χ3n) is 3.25. The minimum Gasteiger partial charge on any atom is -0.368 e. The number of aromatic nitrogens is 4. The van der Waals surface area contributed by atoms with Gasteiger partial charge in [-0.15, -0.1) is 0 Å². The number of fused-ring (bicyclic) bond motifs is 1. The smallest absolute Gasteiger partial charge is 0.368 e. The quantitative estimate of drug-likeness (QED) is 0.744. The maximum Gasteiger partial charge on any atom is 0.418 e. The molecular formula is C13H9ClF3N5. The van der Waals surface area contributed by atoms with Gasteiger partial charge in [-0.3, -0.25) is 0 Å². The molecule has 0 saturated heterocycles. The Bertz CT molecular complexity index is 872. The molecular weight excluding hydrogens is 319 g/mol. The summed E-state index contributed by atoms with van der Waals surface area (Å²) >= 11 is 6.03. The summed E-state index contributed by atoms with van der Waals surface area (Å²) in [5, 5.41) is 4.23. The van der Waals surface area contributed by atoms with Crippen molar-refractivity contribution in [3.05, 3.63) is 40.8 Å². The molecule has 3 aromatic rings. The molecule has 3 heterocycles. The number of nitrogens with zero attached hydrogens (tertiary/aromatic N) is 4. The monoisotopic (exact) mass is 327 g/mol. The molecule has 0 aliphatic carbocycles. The van der Waals surface area contributed by atoms with Crippen LogP contribution in [0.25, 0.3) is 16.8 Å². The standard InChI is InChI=1S/C13H9ClF3N5/c1-6-8(13(15,16)17)2-3-10-7(4-20-22(6)10)11-9(14)5-19-12(18)21-11/h2-5H,1H3,(H2,18,19,21). The maximum absolute atomic E-state index is 12.9. The molecule has 3 rings (SSSR count). The van der Waals surface area contributed by atoms with Gasteiger partial charge in [0, 0.05) is 5.56 Å². The first-order valence-electron chi connectivity index (χ1n) is 6.12. The van der Waals surface area contributed by atoms with Crippen molar-refractivity contribution in [2.45, 2.75) is 13.1 Å². The van der Waals surface area contributed by atoms with Crippen LogP contribution in [-0.2, 0) is 6.18 Å². The van der Waals surface area contributed by atoms with Crippen LogP contribution in [0.3, 0.4) is 0 Å². The lowest BCUT2D eigenvalue weighted by Crippen LogP contribution is -2.10. The summed E-state index contributed by atoms with van der Waals surface area (Å²) in [6.45, 7) is 1.35. The van der Waals surface area contributed by atoms with Crippen molar-refractivity contribution in [2.75, 3.05) is 5.73 Å². The van der Waals surface area contributed by atoms with Crippen molar-refractivity contribution in [3.8, 4) is 11.3 Å². The predicted molar refractivity (Wildman–Crippen MR) is 75.4 cm³/mol. The highest BCUT2D eigenvalue weighted by Crippen LogP contribution is 2.35. The summed E-state index contributed by atoms with van der Waals surface area (Å²) in [5.74, 6) is 0.0161. The van der Waals surface area contributed by atoms with E-state index in [1.54, 1.807) is 0 Å². The summed E-state index contributed by atoms with van der Waals surface area (Å²) in [6, 6.07) is 2.33. The number of nitrogen functional groups attached to an aromatic ring is 1. The second-order valence-electron chi connectivity index (χ2n) is 4.61. The largest absolute Gasteiger partial charge is 0.418 e. The molecule has 0 radical (unpaired) electrons. The Morgan fingerprint density at radius 3 is 2.64 bits per heavy atom. The zero-order valence-electron chi connectivity index (χ0n) is 11.2. The van der Waals surface area contributed by atoms with Crippen LogP contribution in [0.15, 0.2) is 24.5 Å². The first-order chi connectivity index (χ1) is 10.3. The Kier molecular flexibility index (Phi) is 3.21. The van der Waals surface area contributed by atoms with Crippen LogP contribution < -0.4 is 5.73 Å². The Balaban J connectivity index is 2.27. The molecule has 3 aromatic heterocycles. The van der Waals surface area contributed by atoms with Crippen LogP contribution in [0.1, 0.15) is 11.3 Å². The fourth-order valence-corrected chi connectivity index (χ4v) is 2.43. The highest BCUT2D eigenvalue weighted by atomic mass is 35.5. The van der Waals surface area contributed by atoms with Gasteiger partial charge >= 0.3 is 6.18 Å². The van der Waals surface area contributed by atoms with E-state index in [1.807, 2.05) is 0 Å². The summed E-state index contributed by atoms with van der Waals surface area (Å²) in [6.07, 6.45) is -1.71. The summed E-state index contributed by atoms with van der Waals surface area (Å²) in [7, 11) is 0. The first-order valence-corrected chi connectivity index (χ1v) is 6.50. The maximum atomic E-state index is 12.9. The van der Waals surface area contributed by atoms with Gasteiger partial charge in [-0.2, -0.15) is 18.3 Å². The second kappa shape index (κ2) is 4.84. The number of rotatable bonds is 1. The highest BCUT2D eigenvalue weighted by molar-refractivity contribution is 6.33. The van der Waals surface area contributed by atoms with E-state index in [0.717, 1.165) is 6.07 Å². The lowest BCUT2D eigenvalue weighted by Gasteiger charge is -2.11. The number of pyridine rings is 1. The van der Waals surface area contributed by atoms with Crippen LogP contribution in [0.2, 0.25) is 5.02 Å². The summed E-state index contributed by atoms with van der Waals surface area (Å²) in [5.41, 5.74) is 6.02. The normalized spacial score (nSPS) is 12.0. The number of alkyl halides is 3. The van der Waals surface area contributed by atoms with E-state index in [4.69, 9.17) is 17.3 Å². The van der Waals surface area contributed by atoms with Crippen LogP contribution in [-0.4, -0.2) is 19.6 Å². The Hall–Kier alpha value is -2.35. The van der Waals surface area contributed by atoms with Crippen LogP contribution in [0, 0.1) is 6.92 Å². The molecule has 0 amide bonds. The molecule has 114 valence electrons. The SMILES string of the molecule is Cc1c(C(F)(F)F)ccc2c(-c3nc(N)ncc3Cl)cnn12. The van der Waals surface area contributed by atoms with Gasteiger partial charge in [-0.1, -0.05) is 11.6 Å². The average Bonchev–Trinajstić information content (AvgIpc) is 2.85. The van der Waals surface area contributed by atoms with Gasteiger partial charge in [0.05, 0.1) is 39.9 Å². The molecule has 0 saturated carbocycles. The molecule has 0 aromatic carbocycles. The van der Waals surface area contributed by atoms with E-state index in [-0.39, 0.29) is 16.7 Å². The lowest BCUT2D eigenvalue weighted by molar-refractivity contribution is -0.138. The van der Waals surface area contributed by atoms with Gasteiger partial charge in [-0.25, -0.2) is 14.5 Å². The third kappa shape index (κ3) is 2.25. The first kappa shape index (κ1) is 14.6. The Morgan fingerprint density at radius 1 is 1.23 bits per heavy atom. The Labute approximate surface area is 127 Å². The second-order valence-corrected chi connectivity index (χ2v) is 5.02. The molecule has 0 bridgehead atoms. The Morgan fingerprint density at radius 2 is 1.95 bits per heavy atom. The van der Waals surface area contributed by atoms with Gasteiger partial charge in [0.1, 0.15) is 0 Å².